The summed E-state index contributed by atoms with van der Waals surface area (Å²) in [4.78, 5) is 17.2. The number of benzene rings is 1. The van der Waals surface area contributed by atoms with Crippen molar-refractivity contribution in [2.45, 2.75) is 19.8 Å². The monoisotopic (exact) mass is 337 g/mol. The van der Waals surface area contributed by atoms with Crippen molar-refractivity contribution in [2.24, 2.45) is 7.05 Å². The van der Waals surface area contributed by atoms with Crippen LogP contribution < -0.4 is 4.74 Å². The van der Waals surface area contributed by atoms with Crippen LogP contribution in [0.2, 0.25) is 0 Å². The highest BCUT2D eigenvalue weighted by atomic mass is 16.5. The third kappa shape index (κ3) is 3.38. The van der Waals surface area contributed by atoms with Gasteiger partial charge in [0.15, 0.2) is 0 Å². The molecule has 0 radical (unpaired) electrons. The maximum absolute atomic E-state index is 13.1. The standard InChI is InChI=1S/C19H19N3O3/c1-3-8-15-16(19(24)22(2)21-15)17(23)14-11-7-12-20-18(14)25-13-9-5-4-6-10-13/h4-7,9-12,24H,3,8H2,1-2H3. The third-order valence-electron chi connectivity index (χ3n) is 3.78. The van der Waals surface area contributed by atoms with E-state index in [1.54, 1.807) is 37.5 Å². The lowest BCUT2D eigenvalue weighted by molar-refractivity contribution is 0.103. The minimum atomic E-state index is -0.354. The SMILES string of the molecule is CCCc1nn(C)c(O)c1C(=O)c1cccnc1Oc1ccccc1. The number of nitrogens with zero attached hydrogens (tertiary/aromatic N) is 3. The van der Waals surface area contributed by atoms with Crippen LogP contribution in [0, 0.1) is 0 Å². The van der Waals surface area contributed by atoms with Gasteiger partial charge < -0.3 is 9.84 Å². The minimum absolute atomic E-state index is 0.150. The summed E-state index contributed by atoms with van der Waals surface area (Å²) in [6.45, 7) is 1.99. The maximum Gasteiger partial charge on any atom is 0.230 e. The van der Waals surface area contributed by atoms with Crippen molar-refractivity contribution in [1.82, 2.24) is 14.8 Å². The summed E-state index contributed by atoms with van der Waals surface area (Å²) in [7, 11) is 1.61. The largest absolute Gasteiger partial charge is 0.493 e. The zero-order valence-corrected chi connectivity index (χ0v) is 14.1. The molecule has 3 aromatic rings. The fourth-order valence-corrected chi connectivity index (χ4v) is 2.59. The predicted octanol–water partition coefficient (Wildman–Crippen LogP) is 3.50. The highest BCUT2D eigenvalue weighted by Gasteiger charge is 2.26. The molecule has 6 heteroatoms. The molecule has 0 bridgehead atoms. The minimum Gasteiger partial charge on any atom is -0.493 e. The zero-order valence-electron chi connectivity index (χ0n) is 14.1. The van der Waals surface area contributed by atoms with E-state index in [0.29, 0.717) is 17.9 Å². The van der Waals surface area contributed by atoms with E-state index in [9.17, 15) is 9.90 Å². The van der Waals surface area contributed by atoms with E-state index in [1.807, 2.05) is 25.1 Å². The summed E-state index contributed by atoms with van der Waals surface area (Å²) < 4.78 is 7.07. The highest BCUT2D eigenvalue weighted by Crippen LogP contribution is 2.29. The number of ketones is 1. The average molecular weight is 337 g/mol. The molecule has 0 aliphatic carbocycles. The molecular formula is C19H19N3O3. The molecule has 0 saturated heterocycles. The van der Waals surface area contributed by atoms with Gasteiger partial charge in [-0.15, -0.1) is 0 Å². The van der Waals surface area contributed by atoms with Crippen molar-refractivity contribution in [2.75, 3.05) is 0 Å². The van der Waals surface area contributed by atoms with Crippen molar-refractivity contribution >= 4 is 5.78 Å². The van der Waals surface area contributed by atoms with Gasteiger partial charge in [-0.2, -0.15) is 5.10 Å². The van der Waals surface area contributed by atoms with Crippen LogP contribution in [0.5, 0.6) is 17.5 Å². The lowest BCUT2D eigenvalue weighted by Gasteiger charge is -2.09. The molecule has 25 heavy (non-hydrogen) atoms. The number of rotatable bonds is 6. The molecule has 128 valence electrons. The molecule has 0 saturated carbocycles. The summed E-state index contributed by atoms with van der Waals surface area (Å²) in [6.07, 6.45) is 2.98. The Morgan fingerprint density at radius 1 is 1.20 bits per heavy atom. The van der Waals surface area contributed by atoms with Gasteiger partial charge in [-0.05, 0) is 30.7 Å². The molecule has 0 fully saturated rings. The van der Waals surface area contributed by atoms with Crippen LogP contribution in [0.25, 0.3) is 0 Å². The number of aryl methyl sites for hydroxylation is 2. The molecule has 0 aliphatic rings. The van der Waals surface area contributed by atoms with Gasteiger partial charge in [0.2, 0.25) is 17.5 Å². The molecule has 2 aromatic heterocycles. The van der Waals surface area contributed by atoms with Gasteiger partial charge in [-0.3, -0.25) is 4.79 Å². The Morgan fingerprint density at radius 3 is 2.68 bits per heavy atom. The Hall–Kier alpha value is -3.15. The number of aromatic nitrogens is 3. The number of aromatic hydroxyl groups is 1. The molecule has 2 heterocycles. The Kier molecular flexibility index (Phi) is 4.79. The summed E-state index contributed by atoms with van der Waals surface area (Å²) in [5, 5.41) is 14.5. The first-order valence-electron chi connectivity index (χ1n) is 8.09. The van der Waals surface area contributed by atoms with Crippen LogP contribution in [-0.2, 0) is 13.5 Å². The van der Waals surface area contributed by atoms with Crippen molar-refractivity contribution in [1.29, 1.82) is 0 Å². The fraction of sp³-hybridized carbons (Fsp3) is 0.211. The summed E-state index contributed by atoms with van der Waals surface area (Å²) in [5.74, 6) is 0.278. The first-order valence-corrected chi connectivity index (χ1v) is 8.09. The lowest BCUT2D eigenvalue weighted by atomic mass is 10.0. The van der Waals surface area contributed by atoms with Crippen LogP contribution in [0.15, 0.2) is 48.7 Å². The maximum atomic E-state index is 13.1. The van der Waals surface area contributed by atoms with Gasteiger partial charge in [-0.25, -0.2) is 9.67 Å². The molecular weight excluding hydrogens is 318 g/mol. The second-order valence-electron chi connectivity index (χ2n) is 5.62. The second-order valence-corrected chi connectivity index (χ2v) is 5.62. The predicted molar refractivity (Wildman–Crippen MR) is 93.1 cm³/mol. The summed E-state index contributed by atoms with van der Waals surface area (Å²) >= 11 is 0. The number of hydrogen-bond acceptors (Lipinski definition) is 5. The van der Waals surface area contributed by atoms with E-state index in [4.69, 9.17) is 4.74 Å². The number of pyridine rings is 1. The molecule has 0 aliphatic heterocycles. The Balaban J connectivity index is 2.02. The highest BCUT2D eigenvalue weighted by molar-refractivity contribution is 6.12. The topological polar surface area (TPSA) is 77.2 Å². The average Bonchev–Trinajstić information content (AvgIpc) is 2.90. The van der Waals surface area contributed by atoms with Crippen LogP contribution in [-0.4, -0.2) is 25.7 Å². The van der Waals surface area contributed by atoms with Crippen LogP contribution in [0.3, 0.4) is 0 Å². The van der Waals surface area contributed by atoms with Crippen LogP contribution in [0.1, 0.15) is 35.0 Å². The molecule has 6 nitrogen and oxygen atoms in total. The van der Waals surface area contributed by atoms with E-state index in [0.717, 1.165) is 6.42 Å². The van der Waals surface area contributed by atoms with E-state index in [2.05, 4.69) is 10.1 Å². The van der Waals surface area contributed by atoms with E-state index >= 15 is 0 Å². The van der Waals surface area contributed by atoms with Gasteiger partial charge in [-0.1, -0.05) is 31.5 Å². The smallest absolute Gasteiger partial charge is 0.230 e. The number of para-hydroxylation sites is 1. The first-order chi connectivity index (χ1) is 12.1. The first kappa shape index (κ1) is 16.7. The van der Waals surface area contributed by atoms with Crippen molar-refractivity contribution < 1.29 is 14.6 Å². The van der Waals surface area contributed by atoms with Crippen LogP contribution >= 0.6 is 0 Å². The van der Waals surface area contributed by atoms with Gasteiger partial charge >= 0.3 is 0 Å². The molecule has 1 aromatic carbocycles. The quantitative estimate of drug-likeness (QED) is 0.697. The number of ether oxygens (including phenoxy) is 1. The number of hydrogen-bond donors (Lipinski definition) is 1. The van der Waals surface area contributed by atoms with Gasteiger partial charge in [0.05, 0.1) is 11.3 Å². The Labute approximate surface area is 145 Å². The normalized spacial score (nSPS) is 10.6. The van der Waals surface area contributed by atoms with Crippen LogP contribution in [0.4, 0.5) is 0 Å². The van der Waals surface area contributed by atoms with Crippen molar-refractivity contribution in [3.05, 3.63) is 65.5 Å². The molecule has 0 unspecified atom stereocenters. The Morgan fingerprint density at radius 2 is 1.96 bits per heavy atom. The van der Waals surface area contributed by atoms with E-state index in [-0.39, 0.29) is 28.7 Å². The van der Waals surface area contributed by atoms with Gasteiger partial charge in [0.1, 0.15) is 11.3 Å². The van der Waals surface area contributed by atoms with E-state index < -0.39 is 0 Å². The number of carbonyl (C=O) groups is 1. The number of carbonyl (C=O) groups excluding carboxylic acids is 1. The molecule has 0 atom stereocenters. The summed E-state index contributed by atoms with van der Waals surface area (Å²) in [5.41, 5.74) is 1.06. The van der Waals surface area contributed by atoms with Crippen molar-refractivity contribution in [3.8, 4) is 17.5 Å². The van der Waals surface area contributed by atoms with Crippen molar-refractivity contribution in [3.63, 3.8) is 0 Å². The molecule has 0 amide bonds. The Bertz CT molecular complexity index is 888. The zero-order chi connectivity index (χ0) is 17.8. The fourth-order valence-electron chi connectivity index (χ4n) is 2.59. The second kappa shape index (κ2) is 7.17. The van der Waals surface area contributed by atoms with E-state index in [1.165, 1.54) is 4.68 Å². The molecule has 0 spiro atoms. The lowest BCUT2D eigenvalue weighted by Crippen LogP contribution is -2.07. The summed E-state index contributed by atoms with van der Waals surface area (Å²) in [6, 6.07) is 12.4. The van der Waals surface area contributed by atoms with Gasteiger partial charge in [0, 0.05) is 13.2 Å². The molecule has 3 rings (SSSR count). The molecule has 1 N–H and O–H groups in total. The third-order valence-corrected chi connectivity index (χ3v) is 3.78. The van der Waals surface area contributed by atoms with Gasteiger partial charge in [0.25, 0.3) is 0 Å².